The predicted octanol–water partition coefficient (Wildman–Crippen LogP) is 1.000. The second-order valence-electron chi connectivity index (χ2n) is 4.92. The molecular weight excluding hydrogens is 323 g/mol. The van der Waals surface area contributed by atoms with Crippen LogP contribution in [0.15, 0.2) is 11.4 Å². The van der Waals surface area contributed by atoms with E-state index in [9.17, 15) is 14.0 Å². The normalized spacial score (nSPS) is 13.2. The van der Waals surface area contributed by atoms with Crippen LogP contribution in [0, 0.1) is 5.41 Å². The van der Waals surface area contributed by atoms with Crippen molar-refractivity contribution in [2.45, 2.75) is 25.4 Å². The van der Waals surface area contributed by atoms with E-state index in [1.165, 1.54) is 18.4 Å². The molecule has 7 nitrogen and oxygen atoms in total. The number of alkyl halides is 1. The van der Waals surface area contributed by atoms with Crippen molar-refractivity contribution in [3.8, 4) is 0 Å². The van der Waals surface area contributed by atoms with E-state index < -0.39 is 18.7 Å². The summed E-state index contributed by atoms with van der Waals surface area (Å²) in [5.41, 5.74) is 5.99. The summed E-state index contributed by atoms with van der Waals surface area (Å²) >= 11 is 1.36. The van der Waals surface area contributed by atoms with Gasteiger partial charge in [-0.05, 0) is 13.0 Å². The first-order valence-corrected chi connectivity index (χ1v) is 7.81. The van der Waals surface area contributed by atoms with E-state index in [1.807, 2.05) is 0 Å². The Hall–Kier alpha value is -2.00. The molecule has 1 aromatic heterocycles. The zero-order valence-corrected chi connectivity index (χ0v) is 13.9. The lowest BCUT2D eigenvalue weighted by Crippen LogP contribution is -2.47. The number of methoxy groups -OCH3 is 1. The van der Waals surface area contributed by atoms with Gasteiger partial charge in [0, 0.05) is 36.0 Å². The predicted molar refractivity (Wildman–Crippen MR) is 86.1 cm³/mol. The lowest BCUT2D eigenvalue weighted by atomic mass is 10.1. The molecule has 0 spiro atoms. The smallest absolute Gasteiger partial charge is 0.243 e. The lowest BCUT2D eigenvalue weighted by molar-refractivity contribution is -0.135. The molecule has 0 saturated heterocycles. The number of rotatable bonds is 10. The van der Waals surface area contributed by atoms with Crippen LogP contribution in [0.4, 0.5) is 4.39 Å². The molecule has 0 aromatic carbocycles. The highest BCUT2D eigenvalue weighted by atomic mass is 32.1. The van der Waals surface area contributed by atoms with Crippen molar-refractivity contribution in [3.63, 3.8) is 0 Å². The molecule has 0 aliphatic heterocycles. The van der Waals surface area contributed by atoms with Gasteiger partial charge in [0.25, 0.3) is 0 Å². The van der Waals surface area contributed by atoms with Gasteiger partial charge < -0.3 is 20.7 Å². The molecule has 0 aliphatic carbocycles. The molecule has 2 amide bonds. The van der Waals surface area contributed by atoms with Crippen molar-refractivity contribution in [1.29, 1.82) is 5.41 Å². The van der Waals surface area contributed by atoms with Gasteiger partial charge in [-0.1, -0.05) is 0 Å². The van der Waals surface area contributed by atoms with Crippen molar-refractivity contribution in [1.82, 2.24) is 10.2 Å². The topological polar surface area (TPSA) is 109 Å². The van der Waals surface area contributed by atoms with E-state index in [2.05, 4.69) is 5.32 Å². The molecule has 1 unspecified atom stereocenters. The molecule has 128 valence electrons. The first-order valence-electron chi connectivity index (χ1n) is 6.93. The number of hydrogen-bond donors (Lipinski definition) is 3. The third-order valence-corrected chi connectivity index (χ3v) is 4.40. The summed E-state index contributed by atoms with van der Waals surface area (Å²) in [6.07, 6.45) is 0.504. The fourth-order valence-electron chi connectivity index (χ4n) is 1.96. The fraction of sp³-hybridized carbons (Fsp3) is 0.500. The summed E-state index contributed by atoms with van der Waals surface area (Å²) in [5, 5.41) is 11.8. The van der Waals surface area contributed by atoms with Crippen LogP contribution in [0.5, 0.6) is 0 Å². The molecule has 9 heteroatoms. The molecule has 0 fully saturated rings. The Balaban J connectivity index is 2.78. The van der Waals surface area contributed by atoms with Crippen molar-refractivity contribution < 1.29 is 18.7 Å². The number of carbonyl (C=O) groups is 2. The van der Waals surface area contributed by atoms with Gasteiger partial charge in [0.05, 0.1) is 6.04 Å². The fourth-order valence-corrected chi connectivity index (χ4v) is 2.88. The highest BCUT2D eigenvalue weighted by Crippen LogP contribution is 2.22. The van der Waals surface area contributed by atoms with Crippen LogP contribution in [-0.4, -0.2) is 49.6 Å². The number of nitrogens with zero attached hydrogens (tertiary/aromatic N) is 1. The average molecular weight is 344 g/mol. The van der Waals surface area contributed by atoms with E-state index in [4.69, 9.17) is 15.9 Å². The molecule has 1 rings (SSSR count). The molecule has 4 N–H and O–H groups in total. The SMILES string of the molecule is COCCC(C(=O)N[C@H](C)c1cc(C(=N)N)cs1)N(C=O)CF. The van der Waals surface area contributed by atoms with Crippen molar-refractivity contribution in [3.05, 3.63) is 21.9 Å². The highest BCUT2D eigenvalue weighted by molar-refractivity contribution is 7.10. The summed E-state index contributed by atoms with van der Waals surface area (Å²) in [6.45, 7) is 0.944. The molecular formula is C14H21FN4O3S. The molecule has 2 atom stereocenters. The first-order chi connectivity index (χ1) is 10.9. The molecule has 23 heavy (non-hydrogen) atoms. The van der Waals surface area contributed by atoms with E-state index in [0.717, 1.165) is 9.78 Å². The zero-order valence-electron chi connectivity index (χ0n) is 13.0. The van der Waals surface area contributed by atoms with Crippen molar-refractivity contribution in [2.24, 2.45) is 5.73 Å². The Labute approximate surface area is 138 Å². The number of halogens is 1. The Bertz CT molecular complexity index is 552. The molecule has 1 heterocycles. The van der Waals surface area contributed by atoms with Crippen LogP contribution in [0.1, 0.15) is 29.8 Å². The summed E-state index contributed by atoms with van der Waals surface area (Å²) in [7, 11) is 1.47. The Kier molecular flexibility index (Phi) is 7.63. The molecule has 0 saturated carbocycles. The van der Waals surface area contributed by atoms with Gasteiger partial charge in [0.2, 0.25) is 12.3 Å². The standard InChI is InChI=1S/C14H21FN4O3S/c1-9(12-5-10(6-23-12)13(16)17)18-14(21)11(3-4-22-2)19(7-15)8-20/h5-6,8-9,11H,3-4,7H2,1-2H3,(H3,16,17)(H,18,21)/t9-,11?/m1/s1. The van der Waals surface area contributed by atoms with Crippen molar-refractivity contribution in [2.75, 3.05) is 20.5 Å². The number of nitrogens with one attached hydrogen (secondary N) is 2. The van der Waals surface area contributed by atoms with Crippen LogP contribution < -0.4 is 11.1 Å². The lowest BCUT2D eigenvalue weighted by Gasteiger charge is -2.26. The van der Waals surface area contributed by atoms with Gasteiger partial charge >= 0.3 is 0 Å². The highest BCUT2D eigenvalue weighted by Gasteiger charge is 2.26. The minimum absolute atomic E-state index is 0.0476. The number of amidine groups is 1. The van der Waals surface area contributed by atoms with Crippen LogP contribution in [0.2, 0.25) is 0 Å². The van der Waals surface area contributed by atoms with Gasteiger partial charge in [-0.25, -0.2) is 4.39 Å². The van der Waals surface area contributed by atoms with E-state index in [0.29, 0.717) is 12.0 Å². The number of thiophene rings is 1. The van der Waals surface area contributed by atoms with E-state index in [-0.39, 0.29) is 24.9 Å². The van der Waals surface area contributed by atoms with Crippen LogP contribution in [-0.2, 0) is 14.3 Å². The maximum absolute atomic E-state index is 12.9. The first kappa shape index (κ1) is 19.0. The van der Waals surface area contributed by atoms with Crippen LogP contribution >= 0.6 is 11.3 Å². The summed E-state index contributed by atoms with van der Waals surface area (Å²) in [6, 6.07) is 0.431. The number of nitrogens with two attached hydrogens (primary N) is 1. The summed E-state index contributed by atoms with van der Waals surface area (Å²) in [5.74, 6) is -0.509. The number of carbonyl (C=O) groups excluding carboxylic acids is 2. The van der Waals surface area contributed by atoms with Gasteiger partial charge in [0.15, 0.2) is 6.80 Å². The Morgan fingerprint density at radius 2 is 2.35 bits per heavy atom. The van der Waals surface area contributed by atoms with Crippen LogP contribution in [0.3, 0.4) is 0 Å². The summed E-state index contributed by atoms with van der Waals surface area (Å²) in [4.78, 5) is 24.8. The minimum atomic E-state index is -1.05. The molecule has 1 aromatic rings. The van der Waals surface area contributed by atoms with Crippen LogP contribution in [0.25, 0.3) is 0 Å². The largest absolute Gasteiger partial charge is 0.385 e. The Morgan fingerprint density at radius 3 is 2.83 bits per heavy atom. The molecule has 0 aliphatic rings. The third kappa shape index (κ3) is 5.29. The summed E-state index contributed by atoms with van der Waals surface area (Å²) < 4.78 is 17.8. The number of amides is 2. The second-order valence-corrected chi connectivity index (χ2v) is 5.86. The van der Waals surface area contributed by atoms with Gasteiger partial charge in [-0.2, -0.15) is 0 Å². The molecule has 0 radical (unpaired) electrons. The van der Waals surface area contributed by atoms with Gasteiger partial charge in [-0.15, -0.1) is 11.3 Å². The van der Waals surface area contributed by atoms with Gasteiger partial charge in [0.1, 0.15) is 11.9 Å². The third-order valence-electron chi connectivity index (χ3n) is 3.29. The monoisotopic (exact) mass is 344 g/mol. The average Bonchev–Trinajstić information content (AvgIpc) is 3.01. The number of ether oxygens (including phenoxy) is 1. The maximum Gasteiger partial charge on any atom is 0.243 e. The van der Waals surface area contributed by atoms with E-state index in [1.54, 1.807) is 18.4 Å². The second kappa shape index (κ2) is 9.21. The van der Waals surface area contributed by atoms with Gasteiger partial charge in [-0.3, -0.25) is 15.0 Å². The quantitative estimate of drug-likeness (QED) is 0.255. The Morgan fingerprint density at radius 1 is 1.65 bits per heavy atom. The zero-order chi connectivity index (χ0) is 17.4. The minimum Gasteiger partial charge on any atom is -0.385 e. The number of nitrogen functional groups attached to an aromatic ring is 1. The van der Waals surface area contributed by atoms with Crippen molar-refractivity contribution >= 4 is 29.5 Å². The molecule has 0 bridgehead atoms. The maximum atomic E-state index is 12.9. The van der Waals surface area contributed by atoms with E-state index >= 15 is 0 Å². The number of hydrogen-bond acceptors (Lipinski definition) is 5.